The molecule has 0 aromatic rings. The average molecular weight is 364 g/mol. The van der Waals surface area contributed by atoms with Crippen LogP contribution in [0.15, 0.2) is 35.5 Å². The molecule has 0 aliphatic heterocycles. The fourth-order valence-corrected chi connectivity index (χ4v) is 1.92. The number of hydrogen-bond acceptors (Lipinski definition) is 0. The molecular weight excluding hydrogens is 336 g/mol. The maximum atomic E-state index is 3.29. The summed E-state index contributed by atoms with van der Waals surface area (Å²) in [4.78, 5) is 0. The van der Waals surface area contributed by atoms with E-state index in [4.69, 9.17) is 0 Å². The molecule has 2 aliphatic carbocycles. The van der Waals surface area contributed by atoms with E-state index in [0.29, 0.717) is 0 Å². The summed E-state index contributed by atoms with van der Waals surface area (Å²) in [6.45, 7) is 9.10. The van der Waals surface area contributed by atoms with Crippen molar-refractivity contribution in [2.45, 2.75) is 65.5 Å². The minimum Gasteiger partial charge on any atom is -0.273 e. The number of allylic oxidation sites excluding steroid dienone is 8. The van der Waals surface area contributed by atoms with Gasteiger partial charge in [0.25, 0.3) is 0 Å². The van der Waals surface area contributed by atoms with E-state index in [-0.39, 0.29) is 5.43 Å². The zero-order valence-electron chi connectivity index (χ0n) is 13.6. The first-order valence-corrected chi connectivity index (χ1v) is 13.8. The fourth-order valence-electron chi connectivity index (χ4n) is 1.92. The van der Waals surface area contributed by atoms with Gasteiger partial charge in [-0.15, -0.1) is 12.8 Å². The molecule has 0 amide bonds. The van der Waals surface area contributed by atoms with E-state index in [1.165, 1.54) is 25.7 Å². The Labute approximate surface area is 141 Å². The number of rotatable bonds is 4. The molecule has 2 aliphatic rings. The molecule has 2 heteroatoms. The van der Waals surface area contributed by atoms with Crippen LogP contribution in [0.25, 0.3) is 0 Å². The summed E-state index contributed by atoms with van der Waals surface area (Å²) < 4.78 is 0. The van der Waals surface area contributed by atoms with Crippen LogP contribution in [0.4, 0.5) is 0 Å². The standard InChI is InChI=1S/C11H17.C5H5.C2H6Si.Zr/c1-3-6-10-8-5-9-11(10)7-4-2;1-2-4-5-3-1;1-3-2;/h8H,3-4,6-7,9H2,1-2H3;1-3H,4H2;1-2H3;/q2*-1;;+2. The van der Waals surface area contributed by atoms with E-state index in [2.05, 4.69) is 51.2 Å². The molecule has 0 fully saturated rings. The number of hydrogen-bond donors (Lipinski definition) is 0. The van der Waals surface area contributed by atoms with Crippen molar-refractivity contribution in [2.24, 2.45) is 0 Å². The normalized spacial score (nSPS) is 14.9. The first kappa shape index (κ1) is 20.1. The molecule has 0 aromatic carbocycles. The first-order valence-electron chi connectivity index (χ1n) is 7.62. The van der Waals surface area contributed by atoms with Crippen molar-refractivity contribution in [1.29, 1.82) is 0 Å². The Morgan fingerprint density at radius 1 is 1.15 bits per heavy atom. The topological polar surface area (TPSA) is 0 Å². The van der Waals surface area contributed by atoms with Crippen molar-refractivity contribution in [3.63, 3.8) is 0 Å². The summed E-state index contributed by atoms with van der Waals surface area (Å²) in [6, 6.07) is 0. The second-order valence-electron chi connectivity index (χ2n) is 5.16. The van der Waals surface area contributed by atoms with Crippen LogP contribution in [-0.2, 0) is 23.3 Å². The predicted octanol–water partition coefficient (Wildman–Crippen LogP) is 5.74. The summed E-state index contributed by atoms with van der Waals surface area (Å²) >= 11 is 1.74. The Hall–Kier alpha value is 0.0600. The van der Waals surface area contributed by atoms with Gasteiger partial charge in [-0.1, -0.05) is 33.1 Å². The average Bonchev–Trinajstić information content (AvgIpc) is 3.04. The SMILES string of the molecule is CCCC1=C(CCC)C[C-]=C1.C[Si](C)=[Zr+2].[C-]1=CC=CC1. The molecule has 0 unspecified atom stereocenters. The van der Waals surface area contributed by atoms with Crippen LogP contribution in [0.1, 0.15) is 52.4 Å². The second kappa shape index (κ2) is 14.0. The summed E-state index contributed by atoms with van der Waals surface area (Å²) in [5, 5.41) is 0. The van der Waals surface area contributed by atoms with E-state index in [0.717, 1.165) is 12.8 Å². The van der Waals surface area contributed by atoms with Gasteiger partial charge in [-0.25, -0.2) is 18.2 Å². The van der Waals surface area contributed by atoms with Crippen molar-refractivity contribution in [3.8, 4) is 0 Å². The van der Waals surface area contributed by atoms with Gasteiger partial charge in [-0.2, -0.15) is 17.2 Å². The molecule has 0 saturated heterocycles. The Bertz CT molecular complexity index is 372. The van der Waals surface area contributed by atoms with Crippen molar-refractivity contribution < 1.29 is 23.3 Å². The van der Waals surface area contributed by atoms with Gasteiger partial charge in [-0.05, 0) is 6.42 Å². The van der Waals surface area contributed by atoms with Gasteiger partial charge >= 0.3 is 41.9 Å². The fraction of sp³-hybridized carbons (Fsp3) is 0.556. The van der Waals surface area contributed by atoms with E-state index in [9.17, 15) is 0 Å². The summed E-state index contributed by atoms with van der Waals surface area (Å²) in [5.74, 6) is 0. The Morgan fingerprint density at radius 2 is 1.80 bits per heavy atom. The van der Waals surface area contributed by atoms with Crippen LogP contribution in [0.3, 0.4) is 0 Å². The second-order valence-corrected chi connectivity index (χ2v) is 14.5. The Balaban J connectivity index is 0.000000331. The summed E-state index contributed by atoms with van der Waals surface area (Å²) in [5.41, 5.74) is 3.41. The third-order valence-electron chi connectivity index (χ3n) is 2.70. The molecule has 2 rings (SSSR count). The largest absolute Gasteiger partial charge is 0.273 e. The van der Waals surface area contributed by atoms with Crippen LogP contribution in [-0.4, -0.2) is 5.43 Å². The van der Waals surface area contributed by atoms with Gasteiger partial charge < -0.3 is 0 Å². The van der Waals surface area contributed by atoms with Gasteiger partial charge in [0.05, 0.1) is 0 Å². The maximum Gasteiger partial charge on any atom is -0.109 e. The smallest absolute Gasteiger partial charge is 0.109 e. The molecule has 0 radical (unpaired) electrons. The molecular formula is C18H28SiZr. The quantitative estimate of drug-likeness (QED) is 0.441. The third-order valence-corrected chi connectivity index (χ3v) is 2.70. The predicted molar refractivity (Wildman–Crippen MR) is 88.3 cm³/mol. The van der Waals surface area contributed by atoms with E-state index < -0.39 is 0 Å². The van der Waals surface area contributed by atoms with Gasteiger partial charge in [-0.3, -0.25) is 12.2 Å². The summed E-state index contributed by atoms with van der Waals surface area (Å²) in [7, 11) is 0. The minimum absolute atomic E-state index is 0.210. The Morgan fingerprint density at radius 3 is 2.20 bits per heavy atom. The van der Waals surface area contributed by atoms with Crippen molar-refractivity contribution in [2.75, 3.05) is 0 Å². The monoisotopic (exact) mass is 362 g/mol. The molecule has 0 nitrogen and oxygen atoms in total. The minimum atomic E-state index is 0.210. The van der Waals surface area contributed by atoms with E-state index in [1.54, 1.807) is 34.5 Å². The van der Waals surface area contributed by atoms with Crippen molar-refractivity contribution >= 4 is 5.43 Å². The van der Waals surface area contributed by atoms with Gasteiger partial charge in [0, 0.05) is 0 Å². The summed E-state index contributed by atoms with van der Waals surface area (Å²) in [6.07, 6.45) is 21.7. The molecule has 0 saturated carbocycles. The zero-order chi connectivity index (χ0) is 15.2. The van der Waals surface area contributed by atoms with Crippen LogP contribution in [0, 0.1) is 12.2 Å². The molecule has 0 aromatic heterocycles. The van der Waals surface area contributed by atoms with Gasteiger partial charge in [0.1, 0.15) is 0 Å². The maximum absolute atomic E-state index is 3.29. The van der Waals surface area contributed by atoms with Crippen molar-refractivity contribution in [1.82, 2.24) is 0 Å². The van der Waals surface area contributed by atoms with Crippen LogP contribution >= 0.6 is 0 Å². The third kappa shape index (κ3) is 11.9. The van der Waals surface area contributed by atoms with Crippen LogP contribution < -0.4 is 0 Å². The molecule has 0 atom stereocenters. The molecule has 20 heavy (non-hydrogen) atoms. The first-order chi connectivity index (χ1) is 9.61. The van der Waals surface area contributed by atoms with Gasteiger partial charge in [0.2, 0.25) is 0 Å². The van der Waals surface area contributed by atoms with Crippen molar-refractivity contribution in [3.05, 3.63) is 47.6 Å². The van der Waals surface area contributed by atoms with Gasteiger partial charge in [0.15, 0.2) is 0 Å². The molecule has 0 heterocycles. The molecule has 0 N–H and O–H groups in total. The van der Waals surface area contributed by atoms with Crippen LogP contribution in [0.2, 0.25) is 13.1 Å². The van der Waals surface area contributed by atoms with E-state index in [1.807, 2.05) is 12.2 Å². The molecule has 0 spiro atoms. The Kier molecular flexibility index (Phi) is 14.1. The molecule has 108 valence electrons. The molecule has 0 bridgehead atoms. The zero-order valence-corrected chi connectivity index (χ0v) is 17.0. The van der Waals surface area contributed by atoms with E-state index >= 15 is 0 Å². The van der Waals surface area contributed by atoms with Crippen LogP contribution in [0.5, 0.6) is 0 Å².